The predicted octanol–water partition coefficient (Wildman–Crippen LogP) is -0.697. The van der Waals surface area contributed by atoms with E-state index in [0.717, 1.165) is 0 Å². The molecule has 0 spiro atoms. The smallest absolute Gasteiger partial charge is 0.267 e. The molecule has 7 heteroatoms. The lowest BCUT2D eigenvalue weighted by atomic mass is 10.4. The molecular weight excluding hydrogens is 186 g/mol. The molecule has 1 aliphatic heterocycles. The van der Waals surface area contributed by atoms with Crippen LogP contribution in [-0.4, -0.2) is 15.9 Å². The van der Waals surface area contributed by atoms with Gasteiger partial charge >= 0.3 is 0 Å². The monoisotopic (exact) mass is 193 g/mol. The number of hydrogen-bond donors (Lipinski definition) is 2. The third-order valence-corrected chi connectivity index (χ3v) is 1.54. The van der Waals surface area contributed by atoms with Gasteiger partial charge in [0.25, 0.3) is 5.91 Å². The maximum Gasteiger partial charge on any atom is 0.267 e. The number of nitrogens with one attached hydrogen (secondary N) is 1. The quantitative estimate of drug-likeness (QED) is 0.645. The number of rotatable bonds is 2. The highest BCUT2D eigenvalue weighted by Gasteiger charge is 2.12. The second-order valence-electron chi connectivity index (χ2n) is 2.47. The number of hydrogen-bond acceptors (Lipinski definition) is 6. The number of primary amides is 1. The van der Waals surface area contributed by atoms with Crippen molar-refractivity contribution >= 4 is 11.9 Å². The van der Waals surface area contributed by atoms with Crippen LogP contribution in [0.25, 0.3) is 0 Å². The SMILES string of the molecule is NC(=O)c1ccnc(N2C=CON2)n1. The van der Waals surface area contributed by atoms with Gasteiger partial charge in [-0.05, 0) is 6.07 Å². The van der Waals surface area contributed by atoms with Crippen molar-refractivity contribution in [3.63, 3.8) is 0 Å². The second-order valence-corrected chi connectivity index (χ2v) is 2.47. The van der Waals surface area contributed by atoms with Gasteiger partial charge in [0.05, 0.1) is 6.20 Å². The van der Waals surface area contributed by atoms with Gasteiger partial charge in [-0.2, -0.15) is 0 Å². The fourth-order valence-electron chi connectivity index (χ4n) is 0.918. The van der Waals surface area contributed by atoms with E-state index in [1.165, 1.54) is 23.5 Å². The number of aromatic nitrogens is 2. The summed E-state index contributed by atoms with van der Waals surface area (Å²) in [6.07, 6.45) is 4.43. The number of carbonyl (C=O) groups excluding carboxylic acids is 1. The van der Waals surface area contributed by atoms with Gasteiger partial charge in [0.15, 0.2) is 0 Å². The standard InChI is InChI=1S/C7H7N5O2/c8-6(13)5-1-2-9-7(10-5)12-3-4-14-11-12/h1-4,11H,(H2,8,13). The first-order chi connectivity index (χ1) is 6.77. The highest BCUT2D eigenvalue weighted by molar-refractivity contribution is 5.90. The Kier molecular flexibility index (Phi) is 1.99. The summed E-state index contributed by atoms with van der Waals surface area (Å²) in [7, 11) is 0. The average molecular weight is 193 g/mol. The Morgan fingerprint density at radius 3 is 3.14 bits per heavy atom. The van der Waals surface area contributed by atoms with E-state index in [1.54, 1.807) is 6.20 Å². The number of carbonyl (C=O) groups is 1. The highest BCUT2D eigenvalue weighted by Crippen LogP contribution is 2.08. The third-order valence-electron chi connectivity index (χ3n) is 1.54. The average Bonchev–Trinajstić information content (AvgIpc) is 2.71. The number of nitrogens with zero attached hydrogens (tertiary/aromatic N) is 3. The normalized spacial score (nSPS) is 14.1. The summed E-state index contributed by atoms with van der Waals surface area (Å²) in [5.41, 5.74) is 7.70. The first-order valence-corrected chi connectivity index (χ1v) is 3.77. The first-order valence-electron chi connectivity index (χ1n) is 3.77. The van der Waals surface area contributed by atoms with Crippen LogP contribution >= 0.6 is 0 Å². The molecule has 14 heavy (non-hydrogen) atoms. The van der Waals surface area contributed by atoms with E-state index < -0.39 is 5.91 Å². The van der Waals surface area contributed by atoms with Crippen molar-refractivity contribution in [2.45, 2.75) is 0 Å². The molecule has 7 nitrogen and oxygen atoms in total. The Balaban J connectivity index is 2.30. The highest BCUT2D eigenvalue weighted by atomic mass is 16.7. The maximum atomic E-state index is 10.8. The van der Waals surface area contributed by atoms with Gasteiger partial charge in [0.2, 0.25) is 5.95 Å². The molecule has 2 rings (SSSR count). The third kappa shape index (κ3) is 1.48. The van der Waals surface area contributed by atoms with Crippen LogP contribution in [-0.2, 0) is 4.84 Å². The van der Waals surface area contributed by atoms with Crippen LogP contribution in [0.3, 0.4) is 0 Å². The van der Waals surface area contributed by atoms with Crippen molar-refractivity contribution in [2.24, 2.45) is 5.73 Å². The summed E-state index contributed by atoms with van der Waals surface area (Å²) >= 11 is 0. The first kappa shape index (κ1) is 8.45. The molecule has 72 valence electrons. The van der Waals surface area contributed by atoms with Crippen LogP contribution in [0.5, 0.6) is 0 Å². The Morgan fingerprint density at radius 1 is 1.64 bits per heavy atom. The molecule has 2 heterocycles. The number of amides is 1. The Bertz CT molecular complexity index is 391. The predicted molar refractivity (Wildman–Crippen MR) is 46.4 cm³/mol. The van der Waals surface area contributed by atoms with E-state index >= 15 is 0 Å². The molecule has 0 fully saturated rings. The summed E-state index contributed by atoms with van der Waals surface area (Å²) in [4.78, 5) is 23.3. The fourth-order valence-corrected chi connectivity index (χ4v) is 0.918. The topological polar surface area (TPSA) is 93.4 Å². The lowest BCUT2D eigenvalue weighted by molar-refractivity contribution is 0.0995. The summed E-state index contributed by atoms with van der Waals surface area (Å²) in [5, 5.41) is 1.41. The van der Waals surface area contributed by atoms with Crippen molar-refractivity contribution in [2.75, 3.05) is 5.01 Å². The second kappa shape index (κ2) is 3.30. The van der Waals surface area contributed by atoms with Crippen LogP contribution in [0.4, 0.5) is 5.95 Å². The minimum atomic E-state index is -0.599. The molecule has 0 saturated carbocycles. The lowest BCUT2D eigenvalue weighted by Crippen LogP contribution is -2.29. The zero-order valence-electron chi connectivity index (χ0n) is 7.04. The van der Waals surface area contributed by atoms with Crippen LogP contribution in [0.2, 0.25) is 0 Å². The van der Waals surface area contributed by atoms with E-state index in [0.29, 0.717) is 0 Å². The summed E-state index contributed by atoms with van der Waals surface area (Å²) in [5.74, 6) is -0.312. The molecule has 0 unspecified atom stereocenters. The molecule has 3 N–H and O–H groups in total. The Labute approximate surface area is 79.1 Å². The van der Waals surface area contributed by atoms with Crippen LogP contribution in [0.1, 0.15) is 10.5 Å². The zero-order valence-corrected chi connectivity index (χ0v) is 7.04. The van der Waals surface area contributed by atoms with Crippen molar-refractivity contribution in [1.29, 1.82) is 0 Å². The Morgan fingerprint density at radius 2 is 2.50 bits per heavy atom. The van der Waals surface area contributed by atoms with E-state index in [1.807, 2.05) is 0 Å². The van der Waals surface area contributed by atoms with Gasteiger partial charge in [0.1, 0.15) is 12.0 Å². The number of hydrazine groups is 1. The molecule has 1 amide bonds. The van der Waals surface area contributed by atoms with Gasteiger partial charge in [-0.1, -0.05) is 5.59 Å². The van der Waals surface area contributed by atoms with Gasteiger partial charge in [-0.3, -0.25) is 4.79 Å². The molecule has 0 radical (unpaired) electrons. The molecule has 1 aromatic heterocycles. The van der Waals surface area contributed by atoms with E-state index in [4.69, 9.17) is 10.6 Å². The molecule has 0 atom stereocenters. The van der Waals surface area contributed by atoms with Gasteiger partial charge in [-0.15, -0.1) is 0 Å². The van der Waals surface area contributed by atoms with Crippen molar-refractivity contribution in [3.8, 4) is 0 Å². The lowest BCUT2D eigenvalue weighted by Gasteiger charge is -2.10. The minimum absolute atomic E-state index is 0.150. The van der Waals surface area contributed by atoms with Gasteiger partial charge in [0, 0.05) is 6.20 Å². The molecular formula is C7H7N5O2. The molecule has 0 bridgehead atoms. The zero-order chi connectivity index (χ0) is 9.97. The molecule has 0 saturated heterocycles. The molecule has 0 aromatic carbocycles. The summed E-state index contributed by atoms with van der Waals surface area (Å²) < 4.78 is 0. The number of nitrogens with two attached hydrogens (primary N) is 1. The maximum absolute atomic E-state index is 10.8. The largest absolute Gasteiger partial charge is 0.395 e. The molecule has 0 aliphatic carbocycles. The summed E-state index contributed by atoms with van der Waals surface area (Å²) in [6.45, 7) is 0. The van der Waals surface area contributed by atoms with Gasteiger partial charge < -0.3 is 10.6 Å². The van der Waals surface area contributed by atoms with Crippen molar-refractivity contribution < 1.29 is 9.63 Å². The van der Waals surface area contributed by atoms with Crippen LogP contribution in [0, 0.1) is 0 Å². The van der Waals surface area contributed by atoms with Crippen LogP contribution < -0.4 is 16.3 Å². The van der Waals surface area contributed by atoms with Crippen molar-refractivity contribution in [3.05, 3.63) is 30.4 Å². The van der Waals surface area contributed by atoms with Gasteiger partial charge in [-0.25, -0.2) is 15.0 Å². The van der Waals surface area contributed by atoms with Crippen molar-refractivity contribution in [1.82, 2.24) is 15.6 Å². The fraction of sp³-hybridized carbons (Fsp3) is 0. The molecule has 1 aliphatic rings. The van der Waals surface area contributed by atoms with E-state index in [-0.39, 0.29) is 11.6 Å². The van der Waals surface area contributed by atoms with Crippen LogP contribution in [0.15, 0.2) is 24.7 Å². The Hall–Kier alpha value is -2.15. The number of anilines is 1. The van der Waals surface area contributed by atoms with E-state index in [2.05, 4.69) is 15.6 Å². The van der Waals surface area contributed by atoms with E-state index in [9.17, 15) is 4.79 Å². The molecule has 1 aromatic rings. The minimum Gasteiger partial charge on any atom is -0.395 e. The summed E-state index contributed by atoms with van der Waals surface area (Å²) in [6, 6.07) is 1.44.